The van der Waals surface area contributed by atoms with Crippen molar-refractivity contribution in [3.63, 3.8) is 0 Å². The minimum absolute atomic E-state index is 0.0423. The molecule has 1 aromatic carbocycles. The van der Waals surface area contributed by atoms with Crippen molar-refractivity contribution in [2.24, 2.45) is 10.4 Å². The van der Waals surface area contributed by atoms with Gasteiger partial charge in [0.25, 0.3) is 0 Å². The highest BCUT2D eigenvalue weighted by molar-refractivity contribution is 5.82. The van der Waals surface area contributed by atoms with Crippen LogP contribution in [0.25, 0.3) is 0 Å². The Hall–Kier alpha value is -2.11. The molecular weight excluding hydrogens is 319 g/mol. The standard InChI is InChI=1S/C19H29FN4O/c1-18(2)13-24(19(18,3)4)17(21-5)23-11-10-22-16(25)12-14-6-8-15(20)9-7-14/h6-9H,10-13H2,1-5H3,(H,21,23)(H,22,25). The lowest BCUT2D eigenvalue weighted by Crippen LogP contribution is -2.72. The molecule has 1 heterocycles. The summed E-state index contributed by atoms with van der Waals surface area (Å²) >= 11 is 0. The zero-order valence-electron chi connectivity index (χ0n) is 15.8. The molecule has 1 aliphatic heterocycles. The second-order valence-electron chi connectivity index (χ2n) is 7.66. The SMILES string of the molecule is CN=C(NCCNC(=O)Cc1ccc(F)cc1)N1CC(C)(C)C1(C)C. The summed E-state index contributed by atoms with van der Waals surface area (Å²) in [5.41, 5.74) is 1.08. The summed E-state index contributed by atoms with van der Waals surface area (Å²) in [4.78, 5) is 18.5. The number of carbonyl (C=O) groups excluding carboxylic acids is 1. The number of hydrogen-bond acceptors (Lipinski definition) is 2. The largest absolute Gasteiger partial charge is 0.354 e. The molecule has 1 aromatic rings. The zero-order chi connectivity index (χ0) is 18.7. The van der Waals surface area contributed by atoms with E-state index in [4.69, 9.17) is 0 Å². The van der Waals surface area contributed by atoms with Crippen molar-refractivity contribution < 1.29 is 9.18 Å². The summed E-state index contributed by atoms with van der Waals surface area (Å²) < 4.78 is 12.9. The normalized spacial score (nSPS) is 18.5. The van der Waals surface area contributed by atoms with Crippen molar-refractivity contribution in [2.45, 2.75) is 39.7 Å². The Morgan fingerprint density at radius 1 is 1.16 bits per heavy atom. The van der Waals surface area contributed by atoms with E-state index in [1.807, 2.05) is 0 Å². The van der Waals surface area contributed by atoms with Crippen LogP contribution in [0.5, 0.6) is 0 Å². The Kier molecular flexibility index (Phi) is 5.70. The third-order valence-corrected chi connectivity index (χ3v) is 5.36. The summed E-state index contributed by atoms with van der Waals surface area (Å²) in [6.45, 7) is 11.0. The molecule has 1 amide bonds. The Labute approximate surface area is 149 Å². The van der Waals surface area contributed by atoms with Gasteiger partial charge in [-0.15, -0.1) is 0 Å². The average Bonchev–Trinajstić information content (AvgIpc) is 2.55. The number of benzene rings is 1. The van der Waals surface area contributed by atoms with Crippen LogP contribution in [0.3, 0.4) is 0 Å². The first kappa shape index (κ1) is 19.2. The van der Waals surface area contributed by atoms with Gasteiger partial charge in [0.15, 0.2) is 5.96 Å². The maximum absolute atomic E-state index is 12.9. The van der Waals surface area contributed by atoms with Gasteiger partial charge in [0.1, 0.15) is 5.82 Å². The van der Waals surface area contributed by atoms with Gasteiger partial charge in [0.2, 0.25) is 5.91 Å². The average molecular weight is 348 g/mol. The second kappa shape index (κ2) is 7.42. The maximum Gasteiger partial charge on any atom is 0.224 e. The summed E-state index contributed by atoms with van der Waals surface area (Å²) in [5, 5.41) is 6.17. The molecule has 5 nitrogen and oxygen atoms in total. The minimum atomic E-state index is -0.295. The molecule has 0 atom stereocenters. The summed E-state index contributed by atoms with van der Waals surface area (Å²) in [6.07, 6.45) is 0.252. The van der Waals surface area contributed by atoms with Crippen molar-refractivity contribution in [3.05, 3.63) is 35.6 Å². The highest BCUT2D eigenvalue weighted by Gasteiger charge is 2.53. The molecule has 2 N–H and O–H groups in total. The van der Waals surface area contributed by atoms with Crippen LogP contribution < -0.4 is 10.6 Å². The van der Waals surface area contributed by atoms with Crippen LogP contribution in [0.15, 0.2) is 29.3 Å². The van der Waals surface area contributed by atoms with Crippen molar-refractivity contribution in [1.82, 2.24) is 15.5 Å². The molecule has 0 aliphatic carbocycles. The van der Waals surface area contributed by atoms with E-state index in [0.717, 1.165) is 18.1 Å². The number of guanidine groups is 1. The van der Waals surface area contributed by atoms with E-state index in [0.29, 0.717) is 13.1 Å². The van der Waals surface area contributed by atoms with E-state index in [2.05, 4.69) is 48.2 Å². The van der Waals surface area contributed by atoms with E-state index < -0.39 is 0 Å². The number of likely N-dealkylation sites (tertiary alicyclic amines) is 1. The fourth-order valence-corrected chi connectivity index (χ4v) is 2.92. The highest BCUT2D eigenvalue weighted by Crippen LogP contribution is 2.46. The summed E-state index contributed by atoms with van der Waals surface area (Å²) in [7, 11) is 1.77. The lowest BCUT2D eigenvalue weighted by Gasteiger charge is -2.62. The Bertz CT molecular complexity index is 637. The molecule has 0 spiro atoms. The molecule has 25 heavy (non-hydrogen) atoms. The fourth-order valence-electron chi connectivity index (χ4n) is 2.92. The van der Waals surface area contributed by atoms with Gasteiger partial charge in [0.05, 0.1) is 6.42 Å². The van der Waals surface area contributed by atoms with Crippen LogP contribution in [0.1, 0.15) is 33.3 Å². The molecule has 0 saturated carbocycles. The number of halogens is 1. The second-order valence-corrected chi connectivity index (χ2v) is 7.66. The lowest BCUT2D eigenvalue weighted by atomic mass is 9.65. The van der Waals surface area contributed by atoms with Gasteiger partial charge in [-0.05, 0) is 31.5 Å². The predicted octanol–water partition coefficient (Wildman–Crippen LogP) is 2.18. The van der Waals surface area contributed by atoms with E-state index in [-0.39, 0.29) is 29.1 Å². The summed E-state index contributed by atoms with van der Waals surface area (Å²) in [6, 6.07) is 5.99. The van der Waals surface area contributed by atoms with Gasteiger partial charge >= 0.3 is 0 Å². The third-order valence-electron chi connectivity index (χ3n) is 5.36. The number of amides is 1. The van der Waals surface area contributed by atoms with Crippen LogP contribution in [0.4, 0.5) is 4.39 Å². The van der Waals surface area contributed by atoms with Crippen molar-refractivity contribution in [3.8, 4) is 0 Å². The first-order chi connectivity index (χ1) is 11.7. The van der Waals surface area contributed by atoms with Crippen molar-refractivity contribution in [1.29, 1.82) is 0 Å². The van der Waals surface area contributed by atoms with Gasteiger partial charge in [-0.3, -0.25) is 9.79 Å². The van der Waals surface area contributed by atoms with Crippen LogP contribution in [0, 0.1) is 11.2 Å². The van der Waals surface area contributed by atoms with Gasteiger partial charge in [0, 0.05) is 37.6 Å². The van der Waals surface area contributed by atoms with E-state index >= 15 is 0 Å². The molecule has 1 aliphatic rings. The minimum Gasteiger partial charge on any atom is -0.354 e. The van der Waals surface area contributed by atoms with Crippen LogP contribution >= 0.6 is 0 Å². The van der Waals surface area contributed by atoms with E-state index in [1.165, 1.54) is 12.1 Å². The molecular formula is C19H29FN4O. The van der Waals surface area contributed by atoms with Gasteiger partial charge < -0.3 is 15.5 Å². The highest BCUT2D eigenvalue weighted by atomic mass is 19.1. The smallest absolute Gasteiger partial charge is 0.224 e. The van der Waals surface area contributed by atoms with Gasteiger partial charge in [-0.1, -0.05) is 26.0 Å². The molecule has 0 bridgehead atoms. The molecule has 0 unspecified atom stereocenters. The number of carbonyl (C=O) groups is 1. The summed E-state index contributed by atoms with van der Waals surface area (Å²) in [5.74, 6) is 0.489. The van der Waals surface area contributed by atoms with E-state index in [9.17, 15) is 9.18 Å². The Morgan fingerprint density at radius 2 is 1.76 bits per heavy atom. The maximum atomic E-state index is 12.9. The van der Waals surface area contributed by atoms with Crippen molar-refractivity contribution >= 4 is 11.9 Å². The first-order valence-electron chi connectivity index (χ1n) is 8.67. The Balaban J connectivity index is 1.73. The topological polar surface area (TPSA) is 56.7 Å². The molecule has 2 rings (SSSR count). The van der Waals surface area contributed by atoms with Crippen LogP contribution in [-0.4, -0.2) is 49.0 Å². The molecule has 0 radical (unpaired) electrons. The molecule has 138 valence electrons. The molecule has 0 aromatic heterocycles. The first-order valence-corrected chi connectivity index (χ1v) is 8.67. The van der Waals surface area contributed by atoms with Crippen LogP contribution in [0.2, 0.25) is 0 Å². The molecule has 1 saturated heterocycles. The molecule has 1 fully saturated rings. The Morgan fingerprint density at radius 3 is 2.28 bits per heavy atom. The number of aliphatic imine (C=N–C) groups is 1. The van der Waals surface area contributed by atoms with E-state index in [1.54, 1.807) is 19.2 Å². The quantitative estimate of drug-likeness (QED) is 0.487. The number of nitrogens with zero attached hydrogens (tertiary/aromatic N) is 2. The zero-order valence-corrected chi connectivity index (χ0v) is 15.8. The lowest BCUT2D eigenvalue weighted by molar-refractivity contribution is -0.120. The van der Waals surface area contributed by atoms with Gasteiger partial charge in [-0.25, -0.2) is 4.39 Å². The number of hydrogen-bond donors (Lipinski definition) is 2. The van der Waals surface area contributed by atoms with Gasteiger partial charge in [-0.2, -0.15) is 0 Å². The fraction of sp³-hybridized carbons (Fsp3) is 0.579. The predicted molar refractivity (Wildman–Crippen MR) is 99.0 cm³/mol. The van der Waals surface area contributed by atoms with Crippen molar-refractivity contribution in [2.75, 3.05) is 26.7 Å². The number of rotatable bonds is 5. The third kappa shape index (κ3) is 4.30. The number of nitrogens with one attached hydrogen (secondary N) is 2. The van der Waals surface area contributed by atoms with Crippen LogP contribution in [-0.2, 0) is 11.2 Å². The monoisotopic (exact) mass is 348 g/mol. The molecule has 6 heteroatoms.